The summed E-state index contributed by atoms with van der Waals surface area (Å²) in [5.41, 5.74) is 3.08. The van der Waals surface area contributed by atoms with Gasteiger partial charge in [-0.2, -0.15) is 0 Å². The minimum Gasteiger partial charge on any atom is -0.496 e. The lowest BCUT2D eigenvalue weighted by Crippen LogP contribution is -2.69. The van der Waals surface area contributed by atoms with Crippen LogP contribution >= 0.6 is 0 Å². The Kier molecular flexibility index (Phi) is 14.3. The highest BCUT2D eigenvalue weighted by Gasteiger charge is 2.65. The van der Waals surface area contributed by atoms with Crippen LogP contribution in [0, 0.1) is 23.7 Å². The lowest BCUT2D eigenvalue weighted by atomic mass is 9.55. The average Bonchev–Trinajstić information content (AvgIpc) is 3.74. The number of allylic oxidation sites excluding steroid dienone is 1. The van der Waals surface area contributed by atoms with Crippen molar-refractivity contribution < 1.29 is 43.6 Å². The van der Waals surface area contributed by atoms with Crippen LogP contribution in [-0.2, 0) is 14.4 Å². The fourth-order valence-electron chi connectivity index (χ4n) is 9.88. The van der Waals surface area contributed by atoms with E-state index in [1.165, 1.54) is 32.8 Å². The normalized spacial score (nSPS) is 26.1. The third-order valence-corrected chi connectivity index (χ3v) is 12.5. The van der Waals surface area contributed by atoms with Crippen molar-refractivity contribution in [3.63, 3.8) is 0 Å². The first-order chi connectivity index (χ1) is 27.3. The van der Waals surface area contributed by atoms with Crippen LogP contribution in [-0.4, -0.2) is 85.9 Å². The van der Waals surface area contributed by atoms with Crippen molar-refractivity contribution in [1.29, 1.82) is 0 Å². The van der Waals surface area contributed by atoms with E-state index in [1.807, 2.05) is 30.1 Å². The standard InChI is InChI=1S/C45H60N2O9/c1-5-24-54-45-41(47(2)42(51)21-16-30-12-6-7-13-30)28-38(46-53-4)36-26-31(14-8-10-22-48)35(15-9-11-23-49)43(44(36)45)37-27-34(18-20-40(37)56-45)55-33-17-19-39(52-3)32(25-33)29-50/h5,17-20,25-27,29-31,35,41,43-44,48-49H,1,6-16,21-24,28H2,2-4H3/t31-,35+,41-,43+,44+,45+/m0/s1. The molecular weight excluding hydrogens is 712 g/mol. The molecule has 56 heavy (non-hydrogen) atoms. The molecule has 304 valence electrons. The van der Waals surface area contributed by atoms with Crippen molar-refractivity contribution in [3.8, 4) is 23.0 Å². The lowest BCUT2D eigenvalue weighted by molar-refractivity contribution is -0.255. The number of aliphatic hydroxyl groups excluding tert-OH is 2. The second-order valence-corrected chi connectivity index (χ2v) is 15.8. The fraction of sp³-hybridized carbons (Fsp3) is 0.578. The van der Waals surface area contributed by atoms with Gasteiger partial charge in [-0.15, -0.1) is 6.58 Å². The van der Waals surface area contributed by atoms with Gasteiger partial charge >= 0.3 is 0 Å². The van der Waals surface area contributed by atoms with Crippen LogP contribution in [0.1, 0.15) is 105 Å². The Bertz CT molecular complexity index is 1740. The molecule has 3 aliphatic carbocycles. The van der Waals surface area contributed by atoms with Crippen molar-refractivity contribution >= 4 is 17.9 Å². The molecule has 2 saturated carbocycles. The van der Waals surface area contributed by atoms with Crippen LogP contribution in [0.5, 0.6) is 23.0 Å². The quantitative estimate of drug-likeness (QED) is 0.0594. The highest BCUT2D eigenvalue weighted by atomic mass is 16.7. The second kappa shape index (κ2) is 19.3. The third-order valence-electron chi connectivity index (χ3n) is 12.5. The molecule has 6 rings (SSSR count). The van der Waals surface area contributed by atoms with Crippen LogP contribution < -0.4 is 14.2 Å². The summed E-state index contributed by atoms with van der Waals surface area (Å²) in [5, 5.41) is 24.3. The molecule has 1 amide bonds. The number of hydrogen-bond donors (Lipinski definition) is 2. The summed E-state index contributed by atoms with van der Waals surface area (Å²) < 4.78 is 26.0. The van der Waals surface area contributed by atoms with Gasteiger partial charge in [-0.3, -0.25) is 9.59 Å². The molecule has 0 radical (unpaired) electrons. The Labute approximate surface area is 331 Å². The maximum absolute atomic E-state index is 14.2. The summed E-state index contributed by atoms with van der Waals surface area (Å²) in [4.78, 5) is 33.4. The van der Waals surface area contributed by atoms with E-state index in [0.717, 1.165) is 55.2 Å². The molecule has 0 saturated heterocycles. The molecule has 0 unspecified atom stereocenters. The molecule has 2 N–H and O–H groups in total. The van der Waals surface area contributed by atoms with Gasteiger partial charge in [0.15, 0.2) is 6.29 Å². The number of ether oxygens (including phenoxy) is 4. The van der Waals surface area contributed by atoms with Gasteiger partial charge in [-0.25, -0.2) is 0 Å². The maximum Gasteiger partial charge on any atom is 0.239 e. The number of oxime groups is 1. The molecule has 0 spiro atoms. The van der Waals surface area contributed by atoms with Gasteiger partial charge in [0.05, 0.1) is 30.9 Å². The number of aldehydes is 1. The molecule has 4 aliphatic rings. The Balaban J connectivity index is 1.50. The minimum atomic E-state index is -1.29. The summed E-state index contributed by atoms with van der Waals surface area (Å²) in [6.07, 6.45) is 16.0. The zero-order chi connectivity index (χ0) is 39.7. The second-order valence-electron chi connectivity index (χ2n) is 15.8. The van der Waals surface area contributed by atoms with Crippen molar-refractivity contribution in [3.05, 3.63) is 71.8 Å². The number of likely N-dealkylation sites (N-methyl/N-ethyl adjacent to an activating group) is 1. The number of benzene rings is 2. The number of methoxy groups -OCH3 is 1. The lowest BCUT2D eigenvalue weighted by Gasteiger charge is -2.59. The van der Waals surface area contributed by atoms with Crippen molar-refractivity contribution in [2.24, 2.45) is 28.8 Å². The number of aliphatic hydroxyl groups is 2. The Hall–Kier alpha value is -4.19. The van der Waals surface area contributed by atoms with E-state index in [1.54, 1.807) is 31.4 Å². The number of carbonyl (C=O) groups is 2. The zero-order valence-electron chi connectivity index (χ0n) is 33.3. The molecule has 0 aromatic heterocycles. The number of fused-ring (bicyclic) bond motifs is 2. The van der Waals surface area contributed by atoms with Gasteiger partial charge in [-0.05, 0) is 91.8 Å². The van der Waals surface area contributed by atoms with Crippen LogP contribution in [0.25, 0.3) is 0 Å². The molecular formula is C45H60N2O9. The van der Waals surface area contributed by atoms with Gasteiger partial charge in [0.2, 0.25) is 11.7 Å². The summed E-state index contributed by atoms with van der Waals surface area (Å²) in [6.45, 7) is 4.43. The first-order valence-corrected chi connectivity index (χ1v) is 20.5. The number of carbonyl (C=O) groups excluding carboxylic acids is 2. The van der Waals surface area contributed by atoms with Crippen molar-refractivity contribution in [2.45, 2.75) is 101 Å². The SMILES string of the molecule is C=CCO[C@@]12Oc3ccc(Oc4ccc(OC)c(C=O)c4)cc3[C@H]3[C@H](CCCCO)[C@@H](CCCCO)C=C(C(=NOC)C[C@@H]1N(C)C(=O)CCC1CCCC1)[C@H]32. The molecule has 1 aliphatic heterocycles. The molecule has 1 heterocycles. The minimum absolute atomic E-state index is 0.0498. The molecule has 0 bridgehead atoms. The van der Waals surface area contributed by atoms with Gasteiger partial charge < -0.3 is 38.9 Å². The number of rotatable bonds is 20. The van der Waals surface area contributed by atoms with Crippen LogP contribution in [0.15, 0.2) is 65.9 Å². The van der Waals surface area contributed by atoms with E-state index < -0.39 is 11.8 Å². The van der Waals surface area contributed by atoms with E-state index in [0.29, 0.717) is 60.2 Å². The summed E-state index contributed by atoms with van der Waals surface area (Å²) in [5.74, 6) is 1.17. The van der Waals surface area contributed by atoms with Gasteiger partial charge in [0.25, 0.3) is 0 Å². The first kappa shape index (κ1) is 41.4. The van der Waals surface area contributed by atoms with E-state index in [9.17, 15) is 19.8 Å². The molecule has 2 fully saturated rings. The topological polar surface area (TPSA) is 136 Å². The van der Waals surface area contributed by atoms with Gasteiger partial charge in [0.1, 0.15) is 36.1 Å². The largest absolute Gasteiger partial charge is 0.496 e. The van der Waals surface area contributed by atoms with E-state index in [-0.39, 0.29) is 49.4 Å². The molecule has 11 heteroatoms. The number of unbranched alkanes of at least 4 members (excludes halogenated alkanes) is 2. The van der Waals surface area contributed by atoms with E-state index in [4.69, 9.17) is 23.8 Å². The monoisotopic (exact) mass is 772 g/mol. The number of nitrogens with zero attached hydrogens (tertiary/aromatic N) is 2. The number of hydrogen-bond acceptors (Lipinski definition) is 10. The maximum atomic E-state index is 14.2. The van der Waals surface area contributed by atoms with Crippen LogP contribution in [0.3, 0.4) is 0 Å². The van der Waals surface area contributed by atoms with E-state index in [2.05, 4.69) is 17.8 Å². The van der Waals surface area contributed by atoms with Crippen LogP contribution in [0.2, 0.25) is 0 Å². The van der Waals surface area contributed by atoms with Crippen molar-refractivity contribution in [2.75, 3.05) is 41.1 Å². The molecule has 11 nitrogen and oxygen atoms in total. The molecule has 2 aromatic rings. The summed E-state index contributed by atoms with van der Waals surface area (Å²) >= 11 is 0. The fourth-order valence-corrected chi connectivity index (χ4v) is 9.88. The predicted octanol–water partition coefficient (Wildman–Crippen LogP) is 7.99. The summed E-state index contributed by atoms with van der Waals surface area (Å²) in [7, 11) is 4.94. The predicted molar refractivity (Wildman–Crippen MR) is 214 cm³/mol. The zero-order valence-corrected chi connectivity index (χ0v) is 33.3. The number of amides is 1. The Morgan fingerprint density at radius 2 is 1.75 bits per heavy atom. The first-order valence-electron chi connectivity index (χ1n) is 20.5. The summed E-state index contributed by atoms with van der Waals surface area (Å²) in [6, 6.07) is 10.4. The van der Waals surface area contributed by atoms with Crippen molar-refractivity contribution in [1.82, 2.24) is 4.90 Å². The smallest absolute Gasteiger partial charge is 0.239 e. The van der Waals surface area contributed by atoms with Gasteiger partial charge in [0, 0.05) is 44.6 Å². The van der Waals surface area contributed by atoms with Crippen LogP contribution in [0.4, 0.5) is 0 Å². The Morgan fingerprint density at radius 1 is 1.02 bits per heavy atom. The Morgan fingerprint density at radius 3 is 2.45 bits per heavy atom. The third kappa shape index (κ3) is 8.70. The van der Waals surface area contributed by atoms with E-state index >= 15 is 0 Å². The molecule has 2 aromatic carbocycles. The highest BCUT2D eigenvalue weighted by molar-refractivity contribution is 6.03. The molecule has 6 atom stereocenters. The average molecular weight is 773 g/mol. The highest BCUT2D eigenvalue weighted by Crippen LogP contribution is 2.62. The van der Waals surface area contributed by atoms with Gasteiger partial charge in [-0.1, -0.05) is 55.8 Å².